The van der Waals surface area contributed by atoms with Crippen LogP contribution in [0.3, 0.4) is 0 Å². The average molecular weight is 282 g/mol. The molecule has 0 radical (unpaired) electrons. The van der Waals surface area contributed by atoms with Gasteiger partial charge in [-0.3, -0.25) is 0 Å². The maximum atomic E-state index is 13.1. The van der Waals surface area contributed by atoms with Gasteiger partial charge in [0, 0.05) is 5.56 Å². The van der Waals surface area contributed by atoms with E-state index in [1.807, 2.05) is 0 Å². The van der Waals surface area contributed by atoms with E-state index in [0.29, 0.717) is 0 Å². The SMILES string of the molecule is Fc1cc(Cl)c(Cl)cc1C(Cl)(Cl)Cl. The summed E-state index contributed by atoms with van der Waals surface area (Å²) in [6.07, 6.45) is 0. The molecule has 1 aromatic rings. The lowest BCUT2D eigenvalue weighted by atomic mass is 10.2. The van der Waals surface area contributed by atoms with Crippen molar-refractivity contribution >= 4 is 58.0 Å². The highest BCUT2D eigenvalue weighted by Gasteiger charge is 2.27. The van der Waals surface area contributed by atoms with E-state index in [9.17, 15) is 4.39 Å². The Morgan fingerprint density at radius 3 is 1.92 bits per heavy atom. The summed E-state index contributed by atoms with van der Waals surface area (Å²) < 4.78 is 11.3. The third-order valence-electron chi connectivity index (χ3n) is 1.32. The van der Waals surface area contributed by atoms with Crippen molar-refractivity contribution in [1.82, 2.24) is 0 Å². The average Bonchev–Trinajstić information content (AvgIpc) is 1.94. The van der Waals surface area contributed by atoms with E-state index in [1.54, 1.807) is 0 Å². The standard InChI is InChI=1S/C7H2Cl5F/c8-4-1-3(7(10,11)12)6(13)2-5(4)9/h1-2H. The number of hydrogen-bond donors (Lipinski definition) is 0. The van der Waals surface area contributed by atoms with Gasteiger partial charge in [-0.2, -0.15) is 0 Å². The highest BCUT2D eigenvalue weighted by molar-refractivity contribution is 6.66. The predicted octanol–water partition coefficient (Wildman–Crippen LogP) is 4.96. The molecule has 13 heavy (non-hydrogen) atoms. The van der Waals surface area contributed by atoms with E-state index in [-0.39, 0.29) is 15.6 Å². The number of alkyl halides is 3. The minimum absolute atomic E-state index is 0.0807. The van der Waals surface area contributed by atoms with Gasteiger partial charge < -0.3 is 0 Å². The Bertz CT molecular complexity index is 330. The number of benzene rings is 1. The maximum absolute atomic E-state index is 13.1. The van der Waals surface area contributed by atoms with E-state index >= 15 is 0 Å². The van der Waals surface area contributed by atoms with Gasteiger partial charge in [-0.25, -0.2) is 4.39 Å². The molecule has 0 amide bonds. The van der Waals surface area contributed by atoms with Crippen LogP contribution >= 0.6 is 58.0 Å². The predicted molar refractivity (Wildman–Crippen MR) is 55.7 cm³/mol. The smallest absolute Gasteiger partial charge is 0.206 e. The summed E-state index contributed by atoms with van der Waals surface area (Å²) in [4.78, 5) is 0. The molecule has 0 fully saturated rings. The topological polar surface area (TPSA) is 0 Å². The molecule has 0 bridgehead atoms. The Morgan fingerprint density at radius 2 is 1.46 bits per heavy atom. The summed E-state index contributed by atoms with van der Waals surface area (Å²) >= 11 is 27.6. The van der Waals surface area contributed by atoms with Crippen molar-refractivity contribution in [1.29, 1.82) is 0 Å². The van der Waals surface area contributed by atoms with Gasteiger partial charge in [0.05, 0.1) is 10.0 Å². The van der Waals surface area contributed by atoms with Gasteiger partial charge in [0.2, 0.25) is 3.79 Å². The van der Waals surface area contributed by atoms with Gasteiger partial charge in [0.25, 0.3) is 0 Å². The quantitative estimate of drug-likeness (QED) is 0.466. The summed E-state index contributed by atoms with van der Waals surface area (Å²) in [5, 5.41) is 0.224. The molecule has 0 spiro atoms. The van der Waals surface area contributed by atoms with Gasteiger partial charge >= 0.3 is 0 Å². The molecule has 0 aliphatic heterocycles. The molecule has 0 saturated heterocycles. The molecule has 0 unspecified atom stereocenters. The fraction of sp³-hybridized carbons (Fsp3) is 0.143. The van der Waals surface area contributed by atoms with Crippen molar-refractivity contribution in [3.8, 4) is 0 Å². The van der Waals surface area contributed by atoms with Gasteiger partial charge in [0.1, 0.15) is 5.82 Å². The van der Waals surface area contributed by atoms with E-state index in [1.165, 1.54) is 6.07 Å². The van der Waals surface area contributed by atoms with Gasteiger partial charge in [-0.15, -0.1) is 0 Å². The van der Waals surface area contributed by atoms with E-state index in [4.69, 9.17) is 58.0 Å². The molecule has 0 N–H and O–H groups in total. The molecule has 0 saturated carbocycles. The monoisotopic (exact) mass is 280 g/mol. The molecule has 0 heterocycles. The lowest BCUT2D eigenvalue weighted by molar-refractivity contribution is 0.613. The molecular weight excluding hydrogens is 280 g/mol. The minimum atomic E-state index is -1.84. The van der Waals surface area contributed by atoms with Crippen LogP contribution in [-0.2, 0) is 3.79 Å². The van der Waals surface area contributed by atoms with E-state index < -0.39 is 9.61 Å². The Balaban J connectivity index is 3.32. The van der Waals surface area contributed by atoms with Crippen molar-refractivity contribution in [2.75, 3.05) is 0 Å². The maximum Gasteiger partial charge on any atom is 0.218 e. The number of halogens is 6. The van der Waals surface area contributed by atoms with Crippen molar-refractivity contribution in [2.45, 2.75) is 3.79 Å². The van der Waals surface area contributed by atoms with Crippen LogP contribution in [0.5, 0.6) is 0 Å². The van der Waals surface area contributed by atoms with Gasteiger partial charge in [-0.05, 0) is 12.1 Å². The van der Waals surface area contributed by atoms with Gasteiger partial charge in [0.15, 0.2) is 0 Å². The molecule has 72 valence electrons. The molecule has 0 aromatic heterocycles. The zero-order valence-corrected chi connectivity index (χ0v) is 9.70. The lowest BCUT2D eigenvalue weighted by Crippen LogP contribution is -2.03. The van der Waals surface area contributed by atoms with Gasteiger partial charge in [-0.1, -0.05) is 58.0 Å². The Labute approximate surface area is 99.5 Å². The van der Waals surface area contributed by atoms with Crippen LogP contribution in [0, 0.1) is 5.82 Å². The normalized spacial score (nSPS) is 11.8. The Kier molecular flexibility index (Phi) is 3.59. The zero-order valence-electron chi connectivity index (χ0n) is 5.92. The first-order chi connectivity index (χ1) is 5.82. The summed E-state index contributed by atoms with van der Waals surface area (Å²) in [6, 6.07) is 2.19. The summed E-state index contributed by atoms with van der Waals surface area (Å²) in [6.45, 7) is 0. The van der Waals surface area contributed by atoms with Crippen LogP contribution in [-0.4, -0.2) is 0 Å². The van der Waals surface area contributed by atoms with E-state index in [2.05, 4.69) is 0 Å². The fourth-order valence-electron chi connectivity index (χ4n) is 0.740. The second kappa shape index (κ2) is 4.00. The first-order valence-electron chi connectivity index (χ1n) is 3.04. The van der Waals surface area contributed by atoms with Crippen molar-refractivity contribution in [3.63, 3.8) is 0 Å². The molecule has 0 aliphatic carbocycles. The Morgan fingerprint density at radius 1 is 1.00 bits per heavy atom. The third-order valence-corrected chi connectivity index (χ3v) is 2.65. The molecule has 0 atom stereocenters. The molecule has 6 heteroatoms. The lowest BCUT2D eigenvalue weighted by Gasteiger charge is -2.12. The van der Waals surface area contributed by atoms with Crippen LogP contribution in [0.2, 0.25) is 10.0 Å². The molecule has 0 nitrogen and oxygen atoms in total. The highest BCUT2D eigenvalue weighted by atomic mass is 35.6. The molecular formula is C7H2Cl5F. The van der Waals surface area contributed by atoms with Crippen LogP contribution in [0.4, 0.5) is 4.39 Å². The minimum Gasteiger partial charge on any atom is -0.206 e. The summed E-state index contributed by atoms with van der Waals surface area (Å²) in [5.41, 5.74) is -0.119. The van der Waals surface area contributed by atoms with Crippen LogP contribution < -0.4 is 0 Å². The Hall–Kier alpha value is 0.600. The van der Waals surface area contributed by atoms with Crippen molar-refractivity contribution in [2.24, 2.45) is 0 Å². The largest absolute Gasteiger partial charge is 0.218 e. The number of rotatable bonds is 0. The van der Waals surface area contributed by atoms with E-state index in [0.717, 1.165) is 6.07 Å². The first-order valence-corrected chi connectivity index (χ1v) is 4.93. The summed E-state index contributed by atoms with van der Waals surface area (Å²) in [5.74, 6) is -0.700. The summed E-state index contributed by atoms with van der Waals surface area (Å²) in [7, 11) is 0. The zero-order chi connectivity index (χ0) is 10.2. The van der Waals surface area contributed by atoms with Crippen LogP contribution in [0.15, 0.2) is 12.1 Å². The first kappa shape index (κ1) is 11.7. The van der Waals surface area contributed by atoms with Crippen LogP contribution in [0.25, 0.3) is 0 Å². The van der Waals surface area contributed by atoms with Crippen LogP contribution in [0.1, 0.15) is 5.56 Å². The second-order valence-corrected chi connectivity index (χ2v) is 5.34. The fourth-order valence-corrected chi connectivity index (χ4v) is 1.49. The third kappa shape index (κ3) is 2.77. The molecule has 1 rings (SSSR count). The van der Waals surface area contributed by atoms with Crippen molar-refractivity contribution in [3.05, 3.63) is 33.6 Å². The number of hydrogen-bond acceptors (Lipinski definition) is 0. The second-order valence-electron chi connectivity index (χ2n) is 2.24. The molecule has 0 aliphatic rings. The van der Waals surface area contributed by atoms with Crippen molar-refractivity contribution < 1.29 is 4.39 Å². The molecule has 1 aromatic carbocycles. The highest BCUT2D eigenvalue weighted by Crippen LogP contribution is 2.41.